The number of likely N-dealkylation sites (N-methyl/N-ethyl adjacent to an activating group) is 1. The highest BCUT2D eigenvalue weighted by molar-refractivity contribution is 5.98. The lowest BCUT2D eigenvalue weighted by Gasteiger charge is -2.29. The number of anilines is 1. The summed E-state index contributed by atoms with van der Waals surface area (Å²) in [6.07, 6.45) is 2.21. The molecule has 3 N–H and O–H groups in total. The van der Waals surface area contributed by atoms with Gasteiger partial charge >= 0.3 is 6.09 Å². The van der Waals surface area contributed by atoms with Crippen LogP contribution in [0.15, 0.2) is 67.1 Å². The number of hydrogen-bond donors (Lipinski definition) is 3. The van der Waals surface area contributed by atoms with E-state index in [2.05, 4.69) is 20.9 Å². The molecule has 0 saturated carbocycles. The molecule has 0 spiro atoms. The predicted octanol–water partition coefficient (Wildman–Crippen LogP) is 3.90. The number of carbonyl (C=O) groups is 4. The highest BCUT2D eigenvalue weighted by Gasteiger charge is 2.35. The van der Waals surface area contributed by atoms with Crippen LogP contribution in [0.1, 0.15) is 58.7 Å². The number of hydrogen-bond acceptors (Lipinski definition) is 8. The Morgan fingerprint density at radius 1 is 0.957 bits per heavy atom. The Morgan fingerprint density at radius 3 is 2.21 bits per heavy atom. The molecular formula is C34H46N6O7. The maximum Gasteiger partial charge on any atom is 0.408 e. The first-order valence-corrected chi connectivity index (χ1v) is 15.3. The number of imidazole rings is 1. The van der Waals surface area contributed by atoms with Crippen LogP contribution in [0, 0.1) is 0 Å². The lowest BCUT2D eigenvalue weighted by atomic mass is 10.0. The molecule has 0 aliphatic rings. The highest BCUT2D eigenvalue weighted by atomic mass is 16.6. The summed E-state index contributed by atoms with van der Waals surface area (Å²) >= 11 is 0. The van der Waals surface area contributed by atoms with Crippen LogP contribution in [-0.4, -0.2) is 82.8 Å². The van der Waals surface area contributed by atoms with Gasteiger partial charge < -0.3 is 39.6 Å². The average Bonchev–Trinajstić information content (AvgIpc) is 3.44. The van der Waals surface area contributed by atoms with Gasteiger partial charge in [-0.1, -0.05) is 42.5 Å². The van der Waals surface area contributed by atoms with Crippen LogP contribution in [0.5, 0.6) is 5.75 Å². The van der Waals surface area contributed by atoms with Crippen LogP contribution in [-0.2, 0) is 30.5 Å². The Labute approximate surface area is 276 Å². The Morgan fingerprint density at radius 2 is 1.62 bits per heavy atom. The molecule has 0 bridgehead atoms. The van der Waals surface area contributed by atoms with Gasteiger partial charge in [0.05, 0.1) is 26.1 Å². The Balaban J connectivity index is 1.80. The van der Waals surface area contributed by atoms with Gasteiger partial charge in [-0.2, -0.15) is 0 Å². The summed E-state index contributed by atoms with van der Waals surface area (Å²) in [7, 11) is 3.32. The van der Waals surface area contributed by atoms with Crippen molar-refractivity contribution >= 4 is 29.6 Å². The van der Waals surface area contributed by atoms with E-state index in [0.717, 1.165) is 5.56 Å². The van der Waals surface area contributed by atoms with E-state index < -0.39 is 41.1 Å². The molecule has 0 radical (unpaired) electrons. The summed E-state index contributed by atoms with van der Waals surface area (Å²) < 4.78 is 18.2. The number of amides is 4. The van der Waals surface area contributed by atoms with Gasteiger partial charge in [0.25, 0.3) is 5.91 Å². The van der Waals surface area contributed by atoms with Crippen molar-refractivity contribution in [2.45, 2.75) is 71.4 Å². The third-order valence-corrected chi connectivity index (χ3v) is 6.73. The Hall–Kier alpha value is -4.91. The molecule has 0 fully saturated rings. The van der Waals surface area contributed by atoms with Crippen molar-refractivity contribution in [3.63, 3.8) is 0 Å². The van der Waals surface area contributed by atoms with Crippen LogP contribution < -0.4 is 20.7 Å². The van der Waals surface area contributed by atoms with Crippen molar-refractivity contribution in [2.75, 3.05) is 32.6 Å². The predicted molar refractivity (Wildman–Crippen MR) is 177 cm³/mol. The fraction of sp³-hybridized carbons (Fsp3) is 0.441. The molecule has 3 aromatic rings. The molecule has 47 heavy (non-hydrogen) atoms. The van der Waals surface area contributed by atoms with E-state index in [1.165, 1.54) is 31.3 Å². The Kier molecular flexibility index (Phi) is 12.5. The third-order valence-electron chi connectivity index (χ3n) is 6.73. The van der Waals surface area contributed by atoms with Crippen LogP contribution >= 0.6 is 0 Å². The van der Waals surface area contributed by atoms with Crippen LogP contribution in [0.3, 0.4) is 0 Å². The van der Waals surface area contributed by atoms with Gasteiger partial charge in [0, 0.05) is 20.3 Å². The van der Waals surface area contributed by atoms with Crippen molar-refractivity contribution in [1.82, 2.24) is 25.1 Å². The molecular weight excluding hydrogens is 604 g/mol. The first-order valence-electron chi connectivity index (χ1n) is 15.3. The van der Waals surface area contributed by atoms with Gasteiger partial charge in [0.15, 0.2) is 5.82 Å². The average molecular weight is 651 g/mol. The van der Waals surface area contributed by atoms with Gasteiger partial charge in [-0.3, -0.25) is 14.4 Å². The smallest absolute Gasteiger partial charge is 0.408 e. The molecule has 13 heteroatoms. The highest BCUT2D eigenvalue weighted by Crippen LogP contribution is 2.24. The summed E-state index contributed by atoms with van der Waals surface area (Å²) in [5.74, 6) is -0.613. The number of alkyl carbamates (subject to hydrolysis) is 1. The normalized spacial score (nSPS) is 12.8. The molecule has 3 rings (SSSR count). The van der Waals surface area contributed by atoms with E-state index in [4.69, 9.17) is 14.2 Å². The lowest BCUT2D eigenvalue weighted by Crippen LogP contribution is -2.59. The SMILES string of the molecule is CCOc1ccc(C(C(=O)N(C)C)n2cnc(NC(=O)[C@@H](COCc3ccccc3)NC(=O)C(C)(C)NC(=O)OC(C)(C)C)c2)cc1. The molecule has 2 atom stereocenters. The van der Waals surface area contributed by atoms with Crippen molar-refractivity contribution in [2.24, 2.45) is 0 Å². The summed E-state index contributed by atoms with van der Waals surface area (Å²) in [5, 5.41) is 7.94. The van der Waals surface area contributed by atoms with E-state index in [-0.39, 0.29) is 24.9 Å². The second kappa shape index (κ2) is 16.1. The fourth-order valence-electron chi connectivity index (χ4n) is 4.36. The molecule has 13 nitrogen and oxygen atoms in total. The van der Waals surface area contributed by atoms with Gasteiger partial charge in [-0.05, 0) is 64.8 Å². The van der Waals surface area contributed by atoms with Crippen molar-refractivity contribution in [3.05, 3.63) is 78.2 Å². The second-order valence-corrected chi connectivity index (χ2v) is 12.6. The van der Waals surface area contributed by atoms with Gasteiger partial charge in [-0.15, -0.1) is 0 Å². The number of carbonyl (C=O) groups excluding carboxylic acids is 4. The van der Waals surface area contributed by atoms with E-state index in [9.17, 15) is 19.2 Å². The number of rotatable bonds is 14. The summed E-state index contributed by atoms with van der Waals surface area (Å²) in [5.41, 5.74) is -0.618. The fourth-order valence-corrected chi connectivity index (χ4v) is 4.36. The van der Waals surface area contributed by atoms with Crippen LogP contribution in [0.2, 0.25) is 0 Å². The molecule has 2 aromatic carbocycles. The molecule has 1 aromatic heterocycles. The van der Waals surface area contributed by atoms with Gasteiger partial charge in [0.2, 0.25) is 11.8 Å². The zero-order valence-electron chi connectivity index (χ0n) is 28.3. The number of aromatic nitrogens is 2. The van der Waals surface area contributed by atoms with Gasteiger partial charge in [-0.25, -0.2) is 9.78 Å². The minimum atomic E-state index is -1.43. The molecule has 1 unspecified atom stereocenters. The molecule has 0 aliphatic carbocycles. The quantitative estimate of drug-likeness (QED) is 0.238. The third kappa shape index (κ3) is 11.1. The number of ether oxygens (including phenoxy) is 3. The van der Waals surface area contributed by atoms with Crippen LogP contribution in [0.25, 0.3) is 0 Å². The van der Waals surface area contributed by atoms with Crippen molar-refractivity contribution in [3.8, 4) is 5.75 Å². The topological polar surface area (TPSA) is 153 Å². The van der Waals surface area contributed by atoms with E-state index in [0.29, 0.717) is 17.9 Å². The van der Waals surface area contributed by atoms with Crippen molar-refractivity contribution in [1.29, 1.82) is 0 Å². The zero-order chi connectivity index (χ0) is 34.8. The monoisotopic (exact) mass is 650 g/mol. The molecule has 1 heterocycles. The molecule has 4 amide bonds. The maximum atomic E-state index is 13.6. The lowest BCUT2D eigenvalue weighted by molar-refractivity contribution is -0.131. The summed E-state index contributed by atoms with van der Waals surface area (Å²) in [6.45, 7) is 10.6. The molecule has 0 saturated heterocycles. The first kappa shape index (κ1) is 36.6. The number of nitrogens with one attached hydrogen (secondary N) is 3. The van der Waals surface area contributed by atoms with E-state index in [1.54, 1.807) is 63.7 Å². The summed E-state index contributed by atoms with van der Waals surface area (Å²) in [4.78, 5) is 58.3. The largest absolute Gasteiger partial charge is 0.494 e. The van der Waals surface area contributed by atoms with Gasteiger partial charge in [0.1, 0.15) is 29.0 Å². The standard InChI is InChI=1S/C34H46N6O7/c1-9-46-25-17-15-24(16-18-25)28(30(42)39(7)8)40-19-27(35-22-40)37-29(41)26(21-45-20-23-13-11-10-12-14-23)36-31(43)34(5,6)38-32(44)47-33(2,3)4/h10-19,22,26,28H,9,20-21H2,1-8H3,(H,36,43)(H,37,41)(H,38,44)/t26-,28?/m1/s1. The first-order chi connectivity index (χ1) is 22.1. The molecule has 254 valence electrons. The minimum Gasteiger partial charge on any atom is -0.494 e. The number of nitrogens with zero attached hydrogens (tertiary/aromatic N) is 3. The minimum absolute atomic E-state index is 0.158. The Bertz CT molecular complexity index is 1500. The van der Waals surface area contributed by atoms with Crippen molar-refractivity contribution < 1.29 is 33.4 Å². The van der Waals surface area contributed by atoms with Crippen LogP contribution in [0.4, 0.5) is 10.6 Å². The van der Waals surface area contributed by atoms with E-state index >= 15 is 0 Å². The second-order valence-electron chi connectivity index (χ2n) is 12.6. The molecule has 0 aliphatic heterocycles. The summed E-state index contributed by atoms with van der Waals surface area (Å²) in [6, 6.07) is 14.6. The number of benzene rings is 2. The maximum absolute atomic E-state index is 13.6. The zero-order valence-corrected chi connectivity index (χ0v) is 28.3. The van der Waals surface area contributed by atoms with E-state index in [1.807, 2.05) is 37.3 Å².